The summed E-state index contributed by atoms with van der Waals surface area (Å²) in [6.45, 7) is 0. The van der Waals surface area contributed by atoms with E-state index in [4.69, 9.17) is 29.9 Å². The second kappa shape index (κ2) is 18.6. The third-order valence-corrected chi connectivity index (χ3v) is 16.1. The molecule has 0 amide bonds. The zero-order chi connectivity index (χ0) is 53.4. The van der Waals surface area contributed by atoms with E-state index < -0.39 is 5.41 Å². The maximum atomic E-state index is 5.65. The fraction of sp³-hybridized carbons (Fsp3) is 0.0137. The molecular formula is C73H46N8. The van der Waals surface area contributed by atoms with Crippen molar-refractivity contribution in [2.45, 2.75) is 5.41 Å². The topological polar surface area (TPSA) is 87.2 Å². The third-order valence-electron chi connectivity index (χ3n) is 16.1. The predicted molar refractivity (Wildman–Crippen MR) is 326 cm³/mol. The van der Waals surface area contributed by atoms with Crippen LogP contribution in [0.15, 0.2) is 279 Å². The van der Waals surface area contributed by atoms with Gasteiger partial charge in [0, 0.05) is 49.4 Å². The van der Waals surface area contributed by atoms with Crippen LogP contribution in [-0.2, 0) is 5.41 Å². The predicted octanol–water partition coefficient (Wildman–Crippen LogP) is 16.9. The van der Waals surface area contributed by atoms with E-state index in [2.05, 4.69) is 209 Å². The smallest absolute Gasteiger partial charge is 0.238 e. The summed E-state index contributed by atoms with van der Waals surface area (Å²) in [7, 11) is 0. The number of benzene rings is 11. The Morgan fingerprint density at radius 3 is 1.23 bits per heavy atom. The Kier molecular flexibility index (Phi) is 10.6. The Morgan fingerprint density at radius 1 is 0.259 bits per heavy atom. The lowest BCUT2D eigenvalue weighted by molar-refractivity contribution is 0.768. The van der Waals surface area contributed by atoms with Gasteiger partial charge in [0.05, 0.1) is 33.2 Å². The summed E-state index contributed by atoms with van der Waals surface area (Å²) in [4.78, 5) is 32.2. The number of nitrogens with zero attached hydrogens (tertiary/aromatic N) is 8. The van der Waals surface area contributed by atoms with E-state index in [1.165, 1.54) is 33.4 Å². The third kappa shape index (κ3) is 7.24. The highest BCUT2D eigenvalue weighted by Gasteiger charge is 2.46. The first-order valence-electron chi connectivity index (χ1n) is 27.3. The lowest BCUT2D eigenvalue weighted by atomic mass is 9.67. The van der Waals surface area contributed by atoms with Gasteiger partial charge in [-0.05, 0) is 63.7 Å². The number of hydrogen-bond donors (Lipinski definition) is 0. The number of para-hydroxylation sites is 3. The summed E-state index contributed by atoms with van der Waals surface area (Å²) in [5.41, 5.74) is 15.9. The second-order valence-corrected chi connectivity index (χ2v) is 20.6. The Bertz CT molecular complexity index is 4820. The zero-order valence-corrected chi connectivity index (χ0v) is 43.6. The fourth-order valence-electron chi connectivity index (χ4n) is 12.6. The fourth-order valence-corrected chi connectivity index (χ4v) is 12.6. The van der Waals surface area contributed by atoms with Crippen molar-refractivity contribution in [2.24, 2.45) is 0 Å². The molecular weight excluding hydrogens is 989 g/mol. The minimum absolute atomic E-state index is 0.501. The molecule has 16 rings (SSSR count). The second-order valence-electron chi connectivity index (χ2n) is 20.6. The van der Waals surface area contributed by atoms with Gasteiger partial charge in [0.15, 0.2) is 29.1 Å². The van der Waals surface area contributed by atoms with Crippen molar-refractivity contribution in [3.8, 4) is 79.7 Å². The molecule has 0 saturated heterocycles. The first-order chi connectivity index (χ1) is 40.2. The van der Waals surface area contributed by atoms with Crippen molar-refractivity contribution >= 4 is 43.6 Å². The van der Waals surface area contributed by atoms with Crippen LogP contribution < -0.4 is 0 Å². The molecule has 0 atom stereocenters. The summed E-state index contributed by atoms with van der Waals surface area (Å²) in [6.07, 6.45) is 0. The van der Waals surface area contributed by atoms with E-state index >= 15 is 0 Å². The van der Waals surface area contributed by atoms with Gasteiger partial charge in [0.2, 0.25) is 5.95 Å². The van der Waals surface area contributed by atoms with Crippen molar-refractivity contribution < 1.29 is 0 Å². The van der Waals surface area contributed by atoms with Crippen molar-refractivity contribution in [3.63, 3.8) is 0 Å². The first-order valence-corrected chi connectivity index (χ1v) is 27.3. The molecule has 1 aliphatic carbocycles. The Balaban J connectivity index is 0.975. The van der Waals surface area contributed by atoms with Gasteiger partial charge in [-0.25, -0.2) is 19.9 Å². The molecule has 1 aliphatic rings. The van der Waals surface area contributed by atoms with Crippen LogP contribution in [0.25, 0.3) is 123 Å². The summed E-state index contributed by atoms with van der Waals surface area (Å²) in [6, 6.07) is 98.2. The maximum Gasteiger partial charge on any atom is 0.238 e. The van der Waals surface area contributed by atoms with Crippen LogP contribution >= 0.6 is 0 Å². The number of hydrogen-bond acceptors (Lipinski definition) is 6. The highest BCUT2D eigenvalue weighted by molar-refractivity contribution is 6.24. The average molecular weight is 1040 g/mol. The molecule has 0 spiro atoms. The molecule has 0 fully saturated rings. The normalized spacial score (nSPS) is 12.5. The molecule has 0 radical (unpaired) electrons. The number of fused-ring (bicyclic) bond motifs is 10. The molecule has 81 heavy (non-hydrogen) atoms. The van der Waals surface area contributed by atoms with Crippen LogP contribution in [-0.4, -0.2) is 39.0 Å². The van der Waals surface area contributed by atoms with E-state index in [1.54, 1.807) is 0 Å². The van der Waals surface area contributed by atoms with Crippen LogP contribution in [0.4, 0.5) is 0 Å². The monoisotopic (exact) mass is 1030 g/mol. The molecule has 0 unspecified atom stereocenters. The molecule has 0 N–H and O–H groups in total. The molecule has 8 heteroatoms. The first kappa shape index (κ1) is 46.2. The maximum absolute atomic E-state index is 5.65. The molecule has 11 aromatic carbocycles. The highest BCUT2D eigenvalue weighted by Crippen LogP contribution is 2.57. The van der Waals surface area contributed by atoms with Gasteiger partial charge < -0.3 is 4.57 Å². The minimum atomic E-state index is -0.613. The number of rotatable bonds is 9. The van der Waals surface area contributed by atoms with Gasteiger partial charge in [-0.2, -0.15) is 9.97 Å². The lowest BCUT2D eigenvalue weighted by Gasteiger charge is -2.34. The van der Waals surface area contributed by atoms with Crippen molar-refractivity contribution in [1.82, 2.24) is 39.0 Å². The Labute approximate surface area is 466 Å². The lowest BCUT2D eigenvalue weighted by Crippen LogP contribution is -2.28. The molecule has 378 valence electrons. The highest BCUT2D eigenvalue weighted by atomic mass is 15.2. The molecule has 8 nitrogen and oxygen atoms in total. The van der Waals surface area contributed by atoms with E-state index in [0.717, 1.165) is 77.1 Å². The average Bonchev–Trinajstić information content (AvgIpc) is 3.56. The summed E-state index contributed by atoms with van der Waals surface area (Å²) in [5, 5.41) is 4.32. The van der Waals surface area contributed by atoms with Crippen molar-refractivity contribution in [2.75, 3.05) is 0 Å². The van der Waals surface area contributed by atoms with Gasteiger partial charge in [0.25, 0.3) is 0 Å². The Hall–Kier alpha value is -11.0. The van der Waals surface area contributed by atoms with Gasteiger partial charge in [0.1, 0.15) is 0 Å². The van der Waals surface area contributed by atoms with Gasteiger partial charge in [-0.1, -0.05) is 249 Å². The molecule has 4 aromatic heterocycles. The molecule has 0 bridgehead atoms. The molecule has 0 aliphatic heterocycles. The molecule has 4 heterocycles. The standard InChI is InChI=1S/C73H46N8/c1-6-24-47(25-7-1)67-74-68(48-26-8-2-9-27-48)77-71(76-67)59-37-19-23-41-64(59)80-62-39-21-17-35-55(62)57-44-45-58-56-36-18-22-40-63(56)81(66(58)65(57)80)72-78-69(49-28-10-3-11-29-49)75-70(79-72)50-42-43-54-53-34-16-20-38-60(53)73(61(54)46-50,51-30-12-4-13-31-51)52-32-14-5-15-33-52/h1-46H. The molecule has 0 saturated carbocycles. The van der Waals surface area contributed by atoms with Gasteiger partial charge in [-0.15, -0.1) is 0 Å². The van der Waals surface area contributed by atoms with Gasteiger partial charge in [-0.3, -0.25) is 4.57 Å². The SMILES string of the molecule is c1ccc(-c2nc(-c3ccccc3)nc(-c3ccccc3-n3c4ccccc4c4ccc5c6ccccc6n(-c6nc(-c7ccccc7)nc(-c7ccc8c(c7)C(c7ccccc7)(c7ccccc7)c7ccccc7-8)n6)c5c43)n2)cc1. The summed E-state index contributed by atoms with van der Waals surface area (Å²) >= 11 is 0. The van der Waals surface area contributed by atoms with Crippen LogP contribution in [0.3, 0.4) is 0 Å². The largest absolute Gasteiger partial charge is 0.306 e. The van der Waals surface area contributed by atoms with Crippen LogP contribution in [0.1, 0.15) is 22.3 Å². The summed E-state index contributed by atoms with van der Waals surface area (Å²) in [5.74, 6) is 3.39. The van der Waals surface area contributed by atoms with E-state index in [9.17, 15) is 0 Å². The quantitative estimate of drug-likeness (QED) is 0.143. The van der Waals surface area contributed by atoms with Gasteiger partial charge >= 0.3 is 0 Å². The molecule has 15 aromatic rings. The van der Waals surface area contributed by atoms with E-state index in [0.29, 0.717) is 35.1 Å². The van der Waals surface area contributed by atoms with Crippen LogP contribution in [0.2, 0.25) is 0 Å². The zero-order valence-electron chi connectivity index (χ0n) is 43.6. The van der Waals surface area contributed by atoms with E-state index in [1.807, 2.05) is 78.9 Å². The van der Waals surface area contributed by atoms with Crippen LogP contribution in [0.5, 0.6) is 0 Å². The Morgan fingerprint density at radius 2 is 0.667 bits per heavy atom. The van der Waals surface area contributed by atoms with E-state index in [-0.39, 0.29) is 0 Å². The number of aromatic nitrogens is 8. The summed E-state index contributed by atoms with van der Waals surface area (Å²) < 4.78 is 4.64. The minimum Gasteiger partial charge on any atom is -0.306 e. The van der Waals surface area contributed by atoms with Crippen molar-refractivity contribution in [1.29, 1.82) is 0 Å². The van der Waals surface area contributed by atoms with Crippen molar-refractivity contribution in [3.05, 3.63) is 301 Å². The van der Waals surface area contributed by atoms with Crippen LogP contribution in [0, 0.1) is 0 Å².